The molecule has 0 saturated carbocycles. The van der Waals surface area contributed by atoms with Gasteiger partial charge in [0.25, 0.3) is 0 Å². The van der Waals surface area contributed by atoms with Gasteiger partial charge in [-0.15, -0.1) is 0 Å². The van der Waals surface area contributed by atoms with Crippen molar-refractivity contribution in [3.8, 4) is 0 Å². The summed E-state index contributed by atoms with van der Waals surface area (Å²) in [5.41, 5.74) is 0. The van der Waals surface area contributed by atoms with Gasteiger partial charge in [-0.1, -0.05) is 15.9 Å². The molecule has 0 spiro atoms. The van der Waals surface area contributed by atoms with E-state index in [9.17, 15) is 0 Å². The lowest BCUT2D eigenvalue weighted by Crippen LogP contribution is -1.65. The van der Waals surface area contributed by atoms with Crippen LogP contribution in [-0.4, -0.2) is 0 Å². The maximum Gasteiger partial charge on any atom is 0.0634 e. The molecule has 0 saturated heterocycles. The van der Waals surface area contributed by atoms with Crippen molar-refractivity contribution in [3.05, 3.63) is 32.3 Å². The summed E-state index contributed by atoms with van der Waals surface area (Å²) >= 11 is 5.41. The standard InChI is InChI=1S/C6H4BrI/c7-5-1-3-6(8)4-2-5/h1-4H/i3D. The van der Waals surface area contributed by atoms with Crippen molar-refractivity contribution in [1.82, 2.24) is 0 Å². The lowest BCUT2D eigenvalue weighted by Gasteiger charge is -1.86. The maximum absolute atomic E-state index is 7.32. The first kappa shape index (κ1) is 5.23. The number of halogens is 2. The Hall–Kier alpha value is 0.430. The molecule has 1 rings (SSSR count). The van der Waals surface area contributed by atoms with Crippen molar-refractivity contribution in [2.24, 2.45) is 0 Å². The highest BCUT2D eigenvalue weighted by atomic mass is 127. The summed E-state index contributed by atoms with van der Waals surface area (Å²) < 4.78 is 9.27. The topological polar surface area (TPSA) is 0 Å². The van der Waals surface area contributed by atoms with Gasteiger partial charge in [-0.3, -0.25) is 0 Å². The summed E-state index contributed by atoms with van der Waals surface area (Å²) in [5.74, 6) is 0. The normalized spacial score (nSPS) is 11.0. The van der Waals surface area contributed by atoms with Crippen molar-refractivity contribution in [3.63, 3.8) is 0 Å². The van der Waals surface area contributed by atoms with Gasteiger partial charge in [-0.05, 0) is 46.8 Å². The molecule has 0 unspecified atom stereocenters. The largest absolute Gasteiger partial charge is 0.0634 e. The van der Waals surface area contributed by atoms with Crippen LogP contribution in [0.4, 0.5) is 0 Å². The van der Waals surface area contributed by atoms with Crippen molar-refractivity contribution >= 4 is 38.5 Å². The fourth-order valence-electron chi connectivity index (χ4n) is 0.387. The second-order valence-corrected chi connectivity index (χ2v) is 3.43. The smallest absolute Gasteiger partial charge is 0.0508 e. The van der Waals surface area contributed by atoms with Gasteiger partial charge in [0.1, 0.15) is 0 Å². The van der Waals surface area contributed by atoms with Crippen LogP contribution in [0.2, 0.25) is 0 Å². The van der Waals surface area contributed by atoms with Crippen LogP contribution in [0.15, 0.2) is 28.7 Å². The molecular weight excluding hydrogens is 279 g/mol. The second-order valence-electron chi connectivity index (χ2n) is 1.35. The molecule has 0 aliphatic rings. The third-order valence-electron chi connectivity index (χ3n) is 0.737. The van der Waals surface area contributed by atoms with Gasteiger partial charge >= 0.3 is 0 Å². The molecule has 0 amide bonds. The van der Waals surface area contributed by atoms with E-state index in [2.05, 4.69) is 38.5 Å². The van der Waals surface area contributed by atoms with Crippen LogP contribution in [0.3, 0.4) is 0 Å². The van der Waals surface area contributed by atoms with Crippen molar-refractivity contribution < 1.29 is 1.37 Å². The molecule has 2 heteroatoms. The minimum Gasteiger partial charge on any atom is -0.0508 e. The third kappa shape index (κ3) is 1.74. The predicted molar refractivity (Wildman–Crippen MR) is 46.9 cm³/mol. The van der Waals surface area contributed by atoms with Gasteiger partial charge in [0.05, 0.1) is 1.37 Å². The SMILES string of the molecule is [2H]c1cc(Br)ccc1I. The van der Waals surface area contributed by atoms with Crippen molar-refractivity contribution in [2.45, 2.75) is 0 Å². The summed E-state index contributed by atoms with van der Waals surface area (Å²) in [6.07, 6.45) is 0. The minimum atomic E-state index is 0.574. The summed E-state index contributed by atoms with van der Waals surface area (Å²) in [5, 5.41) is 0. The Kier molecular flexibility index (Phi) is 1.85. The first-order chi connectivity index (χ1) is 4.20. The highest BCUT2D eigenvalue weighted by Crippen LogP contribution is 2.11. The highest BCUT2D eigenvalue weighted by molar-refractivity contribution is 14.1. The fourth-order valence-corrected chi connectivity index (χ4v) is 0.969. The van der Waals surface area contributed by atoms with E-state index in [1.54, 1.807) is 6.07 Å². The molecule has 8 heavy (non-hydrogen) atoms. The first-order valence-corrected chi connectivity index (χ1v) is 3.99. The lowest BCUT2D eigenvalue weighted by molar-refractivity contribution is 1.60. The molecule has 0 heterocycles. The summed E-state index contributed by atoms with van der Waals surface area (Å²) in [6, 6.07) is 6.19. The molecule has 0 radical (unpaired) electrons. The van der Waals surface area contributed by atoms with Crippen LogP contribution >= 0.6 is 38.5 Å². The predicted octanol–water partition coefficient (Wildman–Crippen LogP) is 3.05. The van der Waals surface area contributed by atoms with Crippen LogP contribution in [0.5, 0.6) is 0 Å². The molecule has 0 bridgehead atoms. The van der Waals surface area contributed by atoms with Gasteiger partial charge in [-0.2, -0.15) is 0 Å². The van der Waals surface area contributed by atoms with E-state index in [4.69, 9.17) is 1.37 Å². The average molecular weight is 284 g/mol. The quantitative estimate of drug-likeness (QED) is 0.642. The molecule has 0 fully saturated rings. The van der Waals surface area contributed by atoms with E-state index in [0.29, 0.717) is 6.04 Å². The number of hydrogen-bond acceptors (Lipinski definition) is 0. The van der Waals surface area contributed by atoms with Gasteiger partial charge in [0, 0.05) is 8.04 Å². The molecule has 0 N–H and O–H groups in total. The van der Waals surface area contributed by atoms with Crippen LogP contribution in [0.1, 0.15) is 1.37 Å². The molecule has 0 nitrogen and oxygen atoms in total. The van der Waals surface area contributed by atoms with Crippen LogP contribution in [0.25, 0.3) is 0 Å². The third-order valence-corrected chi connectivity index (χ3v) is 1.90. The van der Waals surface area contributed by atoms with Crippen LogP contribution in [0, 0.1) is 3.57 Å². The minimum absolute atomic E-state index is 0.574. The second kappa shape index (κ2) is 2.82. The maximum atomic E-state index is 7.32. The Balaban J connectivity index is 3.17. The van der Waals surface area contributed by atoms with E-state index >= 15 is 0 Å². The summed E-state index contributed by atoms with van der Waals surface area (Å²) in [7, 11) is 0. The molecule has 1 aromatic rings. The van der Waals surface area contributed by atoms with Gasteiger partial charge < -0.3 is 0 Å². The zero-order valence-corrected chi connectivity index (χ0v) is 7.73. The van der Waals surface area contributed by atoms with E-state index in [1.165, 1.54) is 0 Å². The lowest BCUT2D eigenvalue weighted by atomic mass is 10.4. The number of hydrogen-bond donors (Lipinski definition) is 0. The van der Waals surface area contributed by atoms with E-state index in [0.717, 1.165) is 8.04 Å². The fraction of sp³-hybridized carbons (Fsp3) is 0. The molecule has 0 atom stereocenters. The molecule has 42 valence electrons. The Morgan fingerprint density at radius 1 is 1.50 bits per heavy atom. The van der Waals surface area contributed by atoms with E-state index < -0.39 is 0 Å². The monoisotopic (exact) mass is 283 g/mol. The number of benzene rings is 1. The zero-order chi connectivity index (χ0) is 6.85. The van der Waals surface area contributed by atoms with Gasteiger partial charge in [0.15, 0.2) is 0 Å². The summed E-state index contributed by atoms with van der Waals surface area (Å²) in [6.45, 7) is 0. The molecule has 0 aliphatic heterocycles. The number of rotatable bonds is 0. The first-order valence-electron chi connectivity index (χ1n) is 2.62. The van der Waals surface area contributed by atoms with Crippen molar-refractivity contribution in [1.29, 1.82) is 0 Å². The molecule has 0 aromatic heterocycles. The summed E-state index contributed by atoms with van der Waals surface area (Å²) in [4.78, 5) is 0. The Morgan fingerprint density at radius 2 is 2.25 bits per heavy atom. The van der Waals surface area contributed by atoms with Crippen LogP contribution < -0.4 is 0 Å². The van der Waals surface area contributed by atoms with Gasteiger partial charge in [0.2, 0.25) is 0 Å². The average Bonchev–Trinajstić information content (AvgIpc) is 1.80. The van der Waals surface area contributed by atoms with E-state index in [-0.39, 0.29) is 0 Å². The molecule has 0 aliphatic carbocycles. The molecular formula is C6H4BrI. The Morgan fingerprint density at radius 3 is 2.75 bits per heavy atom. The van der Waals surface area contributed by atoms with Gasteiger partial charge in [-0.25, -0.2) is 0 Å². The highest BCUT2D eigenvalue weighted by Gasteiger charge is 1.82. The van der Waals surface area contributed by atoms with Crippen molar-refractivity contribution in [2.75, 3.05) is 0 Å². The Labute approximate surface area is 72.0 Å². The molecule has 1 aromatic carbocycles. The zero-order valence-electron chi connectivity index (χ0n) is 4.99. The van der Waals surface area contributed by atoms with E-state index in [1.807, 2.05) is 12.1 Å². The Bertz CT molecular complexity index is 224. The van der Waals surface area contributed by atoms with Crippen LogP contribution in [-0.2, 0) is 0 Å².